The fourth-order valence-corrected chi connectivity index (χ4v) is 4.49. The van der Waals surface area contributed by atoms with E-state index in [2.05, 4.69) is 0 Å². The smallest absolute Gasteiger partial charge is 0.335 e. The third-order valence-corrected chi connectivity index (χ3v) is 5.94. The summed E-state index contributed by atoms with van der Waals surface area (Å²) >= 11 is 0. The minimum atomic E-state index is -1.01. The van der Waals surface area contributed by atoms with Gasteiger partial charge in [-0.1, -0.05) is 32.0 Å². The Balaban J connectivity index is 2.16. The number of rotatable bonds is 6. The van der Waals surface area contributed by atoms with Crippen molar-refractivity contribution in [3.05, 3.63) is 83.3 Å². The standard InChI is InChI=1S/C27H26FNO4/c1-16-14-19(12-13-20(16)28)29-21-6-5-7-22(30)24(21)23(25(29)27(2,3)15-33-4)17-8-10-18(11-9-17)26(31)32/h5-14,30H,15H2,1-4H3,(H,31,32). The van der Waals surface area contributed by atoms with Gasteiger partial charge in [0.2, 0.25) is 0 Å². The van der Waals surface area contributed by atoms with E-state index in [0.29, 0.717) is 17.6 Å². The second kappa shape index (κ2) is 8.37. The quantitative estimate of drug-likeness (QED) is 0.376. The van der Waals surface area contributed by atoms with E-state index in [1.807, 2.05) is 24.5 Å². The van der Waals surface area contributed by atoms with Crippen LogP contribution in [0.15, 0.2) is 60.7 Å². The number of halogens is 1. The molecule has 4 rings (SSSR count). The molecule has 33 heavy (non-hydrogen) atoms. The van der Waals surface area contributed by atoms with Crippen LogP contribution in [0.2, 0.25) is 0 Å². The number of ether oxygens (including phenoxy) is 1. The maximum absolute atomic E-state index is 14.1. The lowest BCUT2D eigenvalue weighted by atomic mass is 9.84. The number of carbonyl (C=O) groups is 1. The number of phenols is 1. The summed E-state index contributed by atoms with van der Waals surface area (Å²) in [7, 11) is 1.63. The monoisotopic (exact) mass is 447 g/mol. The minimum Gasteiger partial charge on any atom is -0.507 e. The van der Waals surface area contributed by atoms with Gasteiger partial charge in [-0.05, 0) is 60.5 Å². The number of fused-ring (bicyclic) bond motifs is 1. The van der Waals surface area contributed by atoms with E-state index in [4.69, 9.17) is 4.74 Å². The SMILES string of the molecule is COCC(C)(C)c1c(-c2ccc(C(=O)O)cc2)c2c(O)cccc2n1-c1ccc(F)c(C)c1. The molecule has 0 bridgehead atoms. The van der Waals surface area contributed by atoms with Gasteiger partial charge in [-0.3, -0.25) is 0 Å². The summed E-state index contributed by atoms with van der Waals surface area (Å²) in [6, 6.07) is 16.8. The van der Waals surface area contributed by atoms with Crippen molar-refractivity contribution in [1.82, 2.24) is 4.57 Å². The van der Waals surface area contributed by atoms with E-state index in [1.54, 1.807) is 62.6 Å². The summed E-state index contributed by atoms with van der Waals surface area (Å²) in [6.07, 6.45) is 0. The molecule has 4 aromatic rings. The van der Waals surface area contributed by atoms with Gasteiger partial charge in [0.25, 0.3) is 0 Å². The summed E-state index contributed by atoms with van der Waals surface area (Å²) < 4.78 is 21.7. The van der Waals surface area contributed by atoms with Crippen molar-refractivity contribution >= 4 is 16.9 Å². The van der Waals surface area contributed by atoms with Gasteiger partial charge in [-0.2, -0.15) is 0 Å². The van der Waals surface area contributed by atoms with Crippen LogP contribution in [0, 0.1) is 12.7 Å². The molecule has 0 atom stereocenters. The van der Waals surface area contributed by atoms with Crippen LogP contribution in [0.1, 0.15) is 35.5 Å². The van der Waals surface area contributed by atoms with Gasteiger partial charge in [0.1, 0.15) is 11.6 Å². The molecule has 6 heteroatoms. The molecular formula is C27H26FNO4. The van der Waals surface area contributed by atoms with E-state index in [0.717, 1.165) is 28.0 Å². The molecule has 0 aliphatic rings. The second-order valence-electron chi connectivity index (χ2n) is 8.86. The normalized spacial score (nSPS) is 11.8. The van der Waals surface area contributed by atoms with Gasteiger partial charge < -0.3 is 19.5 Å². The van der Waals surface area contributed by atoms with Crippen molar-refractivity contribution in [2.24, 2.45) is 0 Å². The van der Waals surface area contributed by atoms with Crippen molar-refractivity contribution in [3.8, 4) is 22.6 Å². The summed E-state index contributed by atoms with van der Waals surface area (Å²) in [5, 5.41) is 20.9. The molecule has 0 saturated heterocycles. The van der Waals surface area contributed by atoms with Crippen LogP contribution in [0.25, 0.3) is 27.7 Å². The average molecular weight is 448 g/mol. The number of phenolic OH excluding ortho intramolecular Hbond substituents is 1. The lowest BCUT2D eigenvalue weighted by molar-refractivity contribution is 0.0697. The molecule has 1 heterocycles. The molecular weight excluding hydrogens is 421 g/mol. The fourth-order valence-electron chi connectivity index (χ4n) is 4.49. The highest BCUT2D eigenvalue weighted by Crippen LogP contribution is 2.46. The Morgan fingerprint density at radius 2 is 1.79 bits per heavy atom. The first-order valence-corrected chi connectivity index (χ1v) is 10.6. The topological polar surface area (TPSA) is 71.7 Å². The number of aryl methyl sites for hydroxylation is 1. The van der Waals surface area contributed by atoms with Crippen molar-refractivity contribution in [2.45, 2.75) is 26.2 Å². The molecule has 0 radical (unpaired) electrons. The van der Waals surface area contributed by atoms with E-state index >= 15 is 0 Å². The largest absolute Gasteiger partial charge is 0.507 e. The van der Waals surface area contributed by atoms with Gasteiger partial charge in [0.05, 0.1) is 17.7 Å². The Labute approximate surface area is 191 Å². The predicted octanol–water partition coefficient (Wildman–Crippen LogP) is 6.07. The molecule has 0 saturated carbocycles. The van der Waals surface area contributed by atoms with E-state index in [-0.39, 0.29) is 17.1 Å². The zero-order valence-corrected chi connectivity index (χ0v) is 19.0. The molecule has 0 fully saturated rings. The maximum atomic E-state index is 14.1. The number of benzene rings is 3. The highest BCUT2D eigenvalue weighted by molar-refractivity contribution is 6.04. The molecule has 2 N–H and O–H groups in total. The third-order valence-electron chi connectivity index (χ3n) is 5.94. The lowest BCUT2D eigenvalue weighted by Crippen LogP contribution is -2.27. The van der Waals surface area contributed by atoms with E-state index < -0.39 is 11.4 Å². The Kier molecular flexibility index (Phi) is 5.72. The highest BCUT2D eigenvalue weighted by atomic mass is 19.1. The molecule has 170 valence electrons. The van der Waals surface area contributed by atoms with Crippen molar-refractivity contribution in [3.63, 3.8) is 0 Å². The molecule has 0 amide bonds. The van der Waals surface area contributed by atoms with E-state index in [1.165, 1.54) is 6.07 Å². The molecule has 0 spiro atoms. The number of hydrogen-bond acceptors (Lipinski definition) is 3. The van der Waals surface area contributed by atoms with Gasteiger partial charge >= 0.3 is 5.97 Å². The number of aromatic carboxylic acids is 1. The number of carboxylic acids is 1. The Bertz CT molecular complexity index is 1350. The number of carboxylic acid groups (broad SMARTS) is 1. The number of hydrogen-bond donors (Lipinski definition) is 2. The Morgan fingerprint density at radius 1 is 1.09 bits per heavy atom. The summed E-state index contributed by atoms with van der Waals surface area (Å²) in [6.45, 7) is 6.20. The Hall–Kier alpha value is -3.64. The van der Waals surface area contributed by atoms with Crippen molar-refractivity contribution < 1.29 is 24.1 Å². The third kappa shape index (κ3) is 3.87. The minimum absolute atomic E-state index is 0.108. The first kappa shape index (κ1) is 22.6. The number of nitrogens with zero attached hydrogens (tertiary/aromatic N) is 1. The molecule has 0 unspecified atom stereocenters. The lowest BCUT2D eigenvalue weighted by Gasteiger charge is -2.28. The van der Waals surface area contributed by atoms with E-state index in [9.17, 15) is 19.4 Å². The first-order chi connectivity index (χ1) is 15.7. The molecule has 1 aromatic heterocycles. The zero-order chi connectivity index (χ0) is 23.9. The van der Waals surface area contributed by atoms with Gasteiger partial charge in [0.15, 0.2) is 0 Å². The summed E-state index contributed by atoms with van der Waals surface area (Å²) in [4.78, 5) is 11.4. The molecule has 3 aromatic carbocycles. The van der Waals surface area contributed by atoms with Crippen LogP contribution in [0.5, 0.6) is 5.75 Å². The summed E-state index contributed by atoms with van der Waals surface area (Å²) in [5.74, 6) is -1.19. The number of aromatic nitrogens is 1. The fraction of sp³-hybridized carbons (Fsp3) is 0.222. The maximum Gasteiger partial charge on any atom is 0.335 e. The van der Waals surface area contributed by atoms with Crippen LogP contribution in [0.3, 0.4) is 0 Å². The molecule has 0 aliphatic heterocycles. The van der Waals surface area contributed by atoms with Crippen LogP contribution >= 0.6 is 0 Å². The van der Waals surface area contributed by atoms with Crippen LogP contribution in [0.4, 0.5) is 4.39 Å². The highest BCUT2D eigenvalue weighted by Gasteiger charge is 2.33. The predicted molar refractivity (Wildman–Crippen MR) is 127 cm³/mol. The van der Waals surface area contributed by atoms with Gasteiger partial charge in [-0.25, -0.2) is 9.18 Å². The van der Waals surface area contributed by atoms with Crippen LogP contribution < -0.4 is 0 Å². The number of methoxy groups -OCH3 is 1. The number of aromatic hydroxyl groups is 1. The van der Waals surface area contributed by atoms with Crippen molar-refractivity contribution in [2.75, 3.05) is 13.7 Å². The molecule has 0 aliphatic carbocycles. The zero-order valence-electron chi connectivity index (χ0n) is 19.0. The van der Waals surface area contributed by atoms with Crippen LogP contribution in [-0.4, -0.2) is 34.5 Å². The Morgan fingerprint density at radius 3 is 2.39 bits per heavy atom. The average Bonchev–Trinajstić information content (AvgIpc) is 3.13. The summed E-state index contributed by atoms with van der Waals surface area (Å²) in [5.41, 5.74) is 4.12. The second-order valence-corrected chi connectivity index (χ2v) is 8.86. The van der Waals surface area contributed by atoms with Crippen molar-refractivity contribution in [1.29, 1.82) is 0 Å². The van der Waals surface area contributed by atoms with Gasteiger partial charge in [-0.15, -0.1) is 0 Å². The molecule has 5 nitrogen and oxygen atoms in total. The van der Waals surface area contributed by atoms with Crippen LogP contribution in [-0.2, 0) is 10.2 Å². The first-order valence-electron chi connectivity index (χ1n) is 10.6. The van der Waals surface area contributed by atoms with Gasteiger partial charge in [0, 0.05) is 34.9 Å².